The van der Waals surface area contributed by atoms with E-state index in [1.165, 1.54) is 5.56 Å². The molecule has 176 valence electrons. The van der Waals surface area contributed by atoms with Crippen molar-refractivity contribution in [2.45, 2.75) is 44.6 Å². The largest absolute Gasteiger partial charge is 0.485 e. The summed E-state index contributed by atoms with van der Waals surface area (Å²) in [4.78, 5) is 0. The topological polar surface area (TPSA) is 39.7 Å². The number of benzene rings is 3. The molecule has 34 heavy (non-hydrogen) atoms. The molecule has 2 unspecified atom stereocenters. The Morgan fingerprint density at radius 1 is 1.00 bits per heavy atom. The molecule has 3 aromatic carbocycles. The molecule has 3 aromatic rings. The number of ether oxygens (including phenoxy) is 3. The average molecular weight is 476 g/mol. The van der Waals surface area contributed by atoms with Crippen LogP contribution in [0.3, 0.4) is 0 Å². The standard InChI is InChI=1S/C29H30ClNO3/c1-4-16-33-28-27(32-17-15-21-9-6-5-7-10-21)25-19-24(13-14-26(25)34-29(28,2)3)31-20-22-11-8-12-23(30)18-22/h1,5-14,18-19,27-28,31H,15-17,20H2,2-3H3. The van der Waals surface area contributed by atoms with Gasteiger partial charge in [0.15, 0.2) is 0 Å². The van der Waals surface area contributed by atoms with Crippen LogP contribution in [-0.2, 0) is 22.4 Å². The highest BCUT2D eigenvalue weighted by atomic mass is 35.5. The van der Waals surface area contributed by atoms with E-state index < -0.39 is 5.60 Å². The van der Waals surface area contributed by atoms with Crippen molar-refractivity contribution in [1.29, 1.82) is 0 Å². The Labute approximate surface area is 207 Å². The molecule has 0 aliphatic carbocycles. The lowest BCUT2D eigenvalue weighted by molar-refractivity contribution is -0.156. The van der Waals surface area contributed by atoms with Gasteiger partial charge in [-0.05, 0) is 61.7 Å². The highest BCUT2D eigenvalue weighted by molar-refractivity contribution is 6.30. The summed E-state index contributed by atoms with van der Waals surface area (Å²) in [7, 11) is 0. The summed E-state index contributed by atoms with van der Waals surface area (Å²) in [6.45, 7) is 5.42. The molecular formula is C29H30ClNO3. The van der Waals surface area contributed by atoms with Crippen LogP contribution in [0.2, 0.25) is 5.02 Å². The first-order valence-electron chi connectivity index (χ1n) is 11.5. The van der Waals surface area contributed by atoms with Crippen molar-refractivity contribution in [2.75, 3.05) is 18.5 Å². The predicted octanol–water partition coefficient (Wildman–Crippen LogP) is 6.44. The first-order chi connectivity index (χ1) is 16.5. The maximum Gasteiger partial charge on any atom is 0.132 e. The summed E-state index contributed by atoms with van der Waals surface area (Å²) < 4.78 is 18.9. The molecule has 0 saturated carbocycles. The van der Waals surface area contributed by atoms with E-state index in [1.807, 2.05) is 68.4 Å². The zero-order valence-electron chi connectivity index (χ0n) is 19.6. The predicted molar refractivity (Wildman–Crippen MR) is 137 cm³/mol. The van der Waals surface area contributed by atoms with E-state index in [0.717, 1.165) is 34.0 Å². The summed E-state index contributed by atoms with van der Waals surface area (Å²) in [5, 5.41) is 4.20. The molecule has 2 atom stereocenters. The quantitative estimate of drug-likeness (QED) is 0.361. The Morgan fingerprint density at radius 3 is 2.56 bits per heavy atom. The minimum absolute atomic E-state index is 0.193. The van der Waals surface area contributed by atoms with E-state index >= 15 is 0 Å². The number of terminal acetylenes is 1. The van der Waals surface area contributed by atoms with Gasteiger partial charge in [0.1, 0.15) is 30.2 Å². The second kappa shape index (κ2) is 11.0. The second-order valence-electron chi connectivity index (χ2n) is 8.90. The maximum atomic E-state index is 6.47. The molecule has 5 heteroatoms. The molecule has 4 nitrogen and oxygen atoms in total. The van der Waals surface area contributed by atoms with Crippen molar-refractivity contribution in [3.8, 4) is 18.1 Å². The van der Waals surface area contributed by atoms with E-state index in [1.54, 1.807) is 0 Å². The van der Waals surface area contributed by atoms with Gasteiger partial charge < -0.3 is 19.5 Å². The van der Waals surface area contributed by atoms with Crippen LogP contribution in [0, 0.1) is 12.3 Å². The lowest BCUT2D eigenvalue weighted by atomic mass is 9.87. The Bertz CT molecular complexity index is 1140. The molecule has 0 aromatic heterocycles. The van der Waals surface area contributed by atoms with E-state index in [4.69, 9.17) is 32.2 Å². The summed E-state index contributed by atoms with van der Waals surface area (Å²) in [5.41, 5.74) is 3.65. The Balaban J connectivity index is 1.56. The zero-order valence-corrected chi connectivity index (χ0v) is 20.3. The smallest absolute Gasteiger partial charge is 0.132 e. The van der Waals surface area contributed by atoms with E-state index in [-0.39, 0.29) is 18.8 Å². The van der Waals surface area contributed by atoms with Crippen LogP contribution in [-0.4, -0.2) is 24.9 Å². The van der Waals surface area contributed by atoms with Crippen LogP contribution in [0.4, 0.5) is 5.69 Å². The monoisotopic (exact) mass is 475 g/mol. The Morgan fingerprint density at radius 2 is 1.79 bits per heavy atom. The van der Waals surface area contributed by atoms with E-state index in [0.29, 0.717) is 13.2 Å². The number of rotatable bonds is 9. The molecule has 1 aliphatic heterocycles. The summed E-state index contributed by atoms with van der Waals surface area (Å²) >= 11 is 6.13. The van der Waals surface area contributed by atoms with Gasteiger partial charge >= 0.3 is 0 Å². The van der Waals surface area contributed by atoms with Crippen LogP contribution >= 0.6 is 11.6 Å². The van der Waals surface area contributed by atoms with Crippen molar-refractivity contribution in [2.24, 2.45) is 0 Å². The zero-order chi connectivity index (χ0) is 24.0. The third-order valence-electron chi connectivity index (χ3n) is 5.91. The van der Waals surface area contributed by atoms with Crippen molar-refractivity contribution < 1.29 is 14.2 Å². The summed E-state index contributed by atoms with van der Waals surface area (Å²) in [6, 6.07) is 24.2. The van der Waals surface area contributed by atoms with Gasteiger partial charge in [-0.3, -0.25) is 0 Å². The minimum Gasteiger partial charge on any atom is -0.485 e. The molecule has 0 bridgehead atoms. The number of hydrogen-bond donors (Lipinski definition) is 1. The number of anilines is 1. The molecule has 0 saturated heterocycles. The van der Waals surface area contributed by atoms with Crippen molar-refractivity contribution in [3.05, 3.63) is 94.5 Å². The SMILES string of the molecule is C#CCOC1C(OCCc2ccccc2)c2cc(NCc3cccc(Cl)c3)ccc2OC1(C)C. The van der Waals surface area contributed by atoms with Gasteiger partial charge in [-0.25, -0.2) is 0 Å². The molecule has 0 spiro atoms. The number of fused-ring (bicyclic) bond motifs is 1. The van der Waals surface area contributed by atoms with Gasteiger partial charge in [-0.1, -0.05) is 60.0 Å². The summed E-state index contributed by atoms with van der Waals surface area (Å²) in [6.07, 6.45) is 5.64. The molecule has 0 amide bonds. The number of nitrogens with one attached hydrogen (secondary N) is 1. The Kier molecular flexibility index (Phi) is 7.80. The van der Waals surface area contributed by atoms with Crippen molar-refractivity contribution in [1.82, 2.24) is 0 Å². The fraction of sp³-hybridized carbons (Fsp3) is 0.310. The lowest BCUT2D eigenvalue weighted by Crippen LogP contribution is -2.51. The molecule has 1 aliphatic rings. The third kappa shape index (κ3) is 5.93. The molecule has 1 N–H and O–H groups in total. The lowest BCUT2D eigenvalue weighted by Gasteiger charge is -2.44. The van der Waals surface area contributed by atoms with Crippen LogP contribution in [0.15, 0.2) is 72.8 Å². The third-order valence-corrected chi connectivity index (χ3v) is 6.15. The van der Waals surface area contributed by atoms with Gasteiger partial charge in [-0.2, -0.15) is 0 Å². The van der Waals surface area contributed by atoms with Gasteiger partial charge in [0.25, 0.3) is 0 Å². The van der Waals surface area contributed by atoms with Gasteiger partial charge in [0.2, 0.25) is 0 Å². The van der Waals surface area contributed by atoms with Gasteiger partial charge in [0, 0.05) is 22.8 Å². The van der Waals surface area contributed by atoms with E-state index in [2.05, 4.69) is 29.4 Å². The average Bonchev–Trinajstić information content (AvgIpc) is 2.82. The minimum atomic E-state index is -0.600. The van der Waals surface area contributed by atoms with Crippen LogP contribution in [0.1, 0.15) is 36.6 Å². The normalized spacial score (nSPS) is 18.4. The van der Waals surface area contributed by atoms with E-state index in [9.17, 15) is 0 Å². The molecule has 4 rings (SSSR count). The number of halogens is 1. The van der Waals surface area contributed by atoms with Crippen LogP contribution in [0.5, 0.6) is 5.75 Å². The highest BCUT2D eigenvalue weighted by Gasteiger charge is 2.45. The molecule has 1 heterocycles. The Hall–Kier alpha value is -2.97. The van der Waals surface area contributed by atoms with Crippen molar-refractivity contribution in [3.63, 3.8) is 0 Å². The van der Waals surface area contributed by atoms with Gasteiger partial charge in [0.05, 0.1) is 6.61 Å². The summed E-state index contributed by atoms with van der Waals surface area (Å²) in [5.74, 6) is 3.37. The second-order valence-corrected chi connectivity index (χ2v) is 9.34. The number of hydrogen-bond acceptors (Lipinski definition) is 4. The molecule has 0 fully saturated rings. The van der Waals surface area contributed by atoms with Crippen LogP contribution < -0.4 is 10.1 Å². The molecule has 0 radical (unpaired) electrons. The first kappa shape index (κ1) is 24.2. The van der Waals surface area contributed by atoms with Crippen LogP contribution in [0.25, 0.3) is 0 Å². The van der Waals surface area contributed by atoms with Gasteiger partial charge in [-0.15, -0.1) is 6.42 Å². The molecular weight excluding hydrogens is 446 g/mol. The fourth-order valence-electron chi connectivity index (χ4n) is 4.25. The first-order valence-corrected chi connectivity index (χ1v) is 11.9. The highest BCUT2D eigenvalue weighted by Crippen LogP contribution is 2.44. The fourth-order valence-corrected chi connectivity index (χ4v) is 4.46. The van der Waals surface area contributed by atoms with Crippen molar-refractivity contribution >= 4 is 17.3 Å². The maximum absolute atomic E-state index is 6.47.